The van der Waals surface area contributed by atoms with Crippen molar-refractivity contribution in [2.24, 2.45) is 28.7 Å². The van der Waals surface area contributed by atoms with Crippen LogP contribution in [0.5, 0.6) is 0 Å². The van der Waals surface area contributed by atoms with E-state index in [0.29, 0.717) is 104 Å². The predicted molar refractivity (Wildman–Crippen MR) is 486 cm³/mol. The molecule has 4 fully saturated rings. The van der Waals surface area contributed by atoms with Crippen molar-refractivity contribution < 1.29 is 23.6 Å². The normalized spacial score (nSPS) is 18.1. The number of aryl methyl sites for hydroxylation is 1. The van der Waals surface area contributed by atoms with Gasteiger partial charge in [-0.15, -0.1) is 0 Å². The smallest absolute Gasteiger partial charge is 0.265 e. The molecule has 0 bridgehead atoms. The van der Waals surface area contributed by atoms with E-state index in [1.54, 1.807) is 104 Å². The fourth-order valence-electron chi connectivity index (χ4n) is 15.1. The molecule has 1 amide bonds. The van der Waals surface area contributed by atoms with Gasteiger partial charge in [-0.05, 0) is 170 Å². The van der Waals surface area contributed by atoms with Crippen LogP contribution in [0.25, 0.3) is 50.4 Å². The number of nitrogens with zero attached hydrogens (tertiary/aromatic N) is 16. The lowest BCUT2D eigenvalue weighted by Gasteiger charge is -2.29. The van der Waals surface area contributed by atoms with Gasteiger partial charge in [-0.1, -0.05) is 77.0 Å². The van der Waals surface area contributed by atoms with Crippen LogP contribution >= 0.6 is 0 Å². The lowest BCUT2D eigenvalue weighted by Crippen LogP contribution is -2.43. The number of carbonyl (C=O) groups excluding carboxylic acids is 4. The molecule has 8 heterocycles. The molecule has 8 atom stereocenters. The molecule has 0 saturated heterocycles. The Bertz CT molecular complexity index is 5690. The maximum atomic E-state index is 14.3. The molecular weight excluding hydrogens is 1600 g/mol. The second-order valence-corrected chi connectivity index (χ2v) is 30.9. The number of anilines is 12. The van der Waals surface area contributed by atoms with E-state index in [2.05, 4.69) is 127 Å². The van der Waals surface area contributed by atoms with Crippen molar-refractivity contribution in [3.63, 3.8) is 0 Å². The number of hydrogen-bond acceptors (Lipinski definition) is 32. The van der Waals surface area contributed by atoms with Crippen molar-refractivity contribution in [3.8, 4) is 45.6 Å². The van der Waals surface area contributed by atoms with E-state index in [1.807, 2.05) is 49.4 Å². The molecule has 36 heteroatoms. The van der Waals surface area contributed by atoms with E-state index in [0.717, 1.165) is 125 Å². The molecule has 126 heavy (non-hydrogen) atoms. The molecule has 0 unspecified atom stereocenters. The van der Waals surface area contributed by atoms with Crippen molar-refractivity contribution in [2.75, 3.05) is 42.5 Å². The molecule has 19 N–H and O–H groups in total. The first-order chi connectivity index (χ1) is 60.5. The SMILES string of the molecule is C.CC(=O)c1c(Nc2cccc(-c3ncccn3)c2)nc(N[C@@H]2CCCC[C@@H]2N)[nH]c1=O.CC(=O)c1cnc(N[C@@H]2CCCC[C@@H]2N)nc1Nc1cc(C)cc(-c2ncccn2)c1.NC(=O)c1cnc(N[C@@H]2CCCC[C@@H]2N)nc1Nc1cc(F)cc(-c2ncccn2)c1.[C-]#[N+]c1ccc(Nc2nc(N[C@@H]3CCCC[C@@H]3N)ncc2C(C)=O)cc1-c1ncccn1. The topological polar surface area (TPSA) is 525 Å². The van der Waals surface area contributed by atoms with Gasteiger partial charge in [0.1, 0.15) is 40.2 Å². The molecule has 4 aliphatic carbocycles. The summed E-state index contributed by atoms with van der Waals surface area (Å²) in [5.74, 6) is 2.90. The number of Topliss-reactive ketones (excluding diaryl/α,β-unsaturated/α-hetero) is 3. The average molecular weight is 1700 g/mol. The monoisotopic (exact) mass is 1700 g/mol. The molecule has 4 saturated carbocycles. The highest BCUT2D eigenvalue weighted by molar-refractivity contribution is 6.01. The molecular formula is C90H103FN30O5. The van der Waals surface area contributed by atoms with Gasteiger partial charge in [0.15, 0.2) is 46.3 Å². The number of ketones is 3. The van der Waals surface area contributed by atoms with E-state index < -0.39 is 17.3 Å². The van der Waals surface area contributed by atoms with Crippen LogP contribution in [-0.4, -0.2) is 151 Å². The van der Waals surface area contributed by atoms with Crippen LogP contribution in [0.15, 0.2) is 176 Å². The molecule has 650 valence electrons. The summed E-state index contributed by atoms with van der Waals surface area (Å²) in [6, 6.07) is 30.2. The summed E-state index contributed by atoms with van der Waals surface area (Å²) in [6.45, 7) is 13.8. The number of carbonyl (C=O) groups is 4. The Kier molecular flexibility index (Phi) is 31.3. The maximum Gasteiger partial charge on any atom is 0.265 e. The third-order valence-electron chi connectivity index (χ3n) is 21.5. The summed E-state index contributed by atoms with van der Waals surface area (Å²) in [6.07, 6.45) is 34.0. The number of aromatic amines is 1. The molecule has 0 spiro atoms. The number of nitrogens with two attached hydrogens (primary N) is 5. The Morgan fingerprint density at radius 1 is 0.421 bits per heavy atom. The number of nitrogens with one attached hydrogen (secondary N) is 9. The molecule has 0 radical (unpaired) electrons. The minimum Gasteiger partial charge on any atom is -0.365 e. The Hall–Kier alpha value is -14.5. The predicted octanol–water partition coefficient (Wildman–Crippen LogP) is 14.1. The first kappa shape index (κ1) is 90.7. The van der Waals surface area contributed by atoms with Crippen LogP contribution < -0.4 is 76.8 Å². The quantitative estimate of drug-likeness (QED) is 0.0197. The molecule has 35 nitrogen and oxygen atoms in total. The zero-order valence-electron chi connectivity index (χ0n) is 69.6. The number of hydrogen-bond donors (Lipinski definition) is 14. The maximum absolute atomic E-state index is 14.3. The highest BCUT2D eigenvalue weighted by Crippen LogP contribution is 2.35. The van der Waals surface area contributed by atoms with Gasteiger partial charge < -0.3 is 71.2 Å². The molecule has 16 rings (SSSR count). The number of rotatable bonds is 24. The Balaban J connectivity index is 0.000000152. The highest BCUT2D eigenvalue weighted by atomic mass is 19.1. The van der Waals surface area contributed by atoms with Gasteiger partial charge in [-0.3, -0.25) is 29.0 Å². The Morgan fingerprint density at radius 2 is 0.810 bits per heavy atom. The molecule has 0 aliphatic heterocycles. The fraction of sp³-hybridized carbons (Fsp3) is 0.322. The second kappa shape index (κ2) is 43.5. The summed E-state index contributed by atoms with van der Waals surface area (Å²) in [5.41, 5.74) is 37.4. The van der Waals surface area contributed by atoms with Crippen LogP contribution in [0.4, 0.5) is 79.9 Å². The van der Waals surface area contributed by atoms with Gasteiger partial charge in [-0.25, -0.2) is 64.1 Å². The van der Waals surface area contributed by atoms with Gasteiger partial charge in [0.25, 0.3) is 11.5 Å². The molecule has 4 aromatic carbocycles. The minimum atomic E-state index is -0.702. The van der Waals surface area contributed by atoms with Crippen LogP contribution in [0.2, 0.25) is 0 Å². The summed E-state index contributed by atoms with van der Waals surface area (Å²) < 4.78 is 14.3. The van der Waals surface area contributed by atoms with Crippen LogP contribution in [0.3, 0.4) is 0 Å². The zero-order valence-corrected chi connectivity index (χ0v) is 69.6. The zero-order chi connectivity index (χ0) is 87.9. The largest absolute Gasteiger partial charge is 0.365 e. The van der Waals surface area contributed by atoms with Gasteiger partial charge in [0.05, 0.1) is 17.7 Å². The summed E-state index contributed by atoms with van der Waals surface area (Å²) in [4.78, 5) is 132. The number of halogens is 1. The van der Waals surface area contributed by atoms with Crippen molar-refractivity contribution in [1.29, 1.82) is 0 Å². The second-order valence-electron chi connectivity index (χ2n) is 30.9. The van der Waals surface area contributed by atoms with Gasteiger partial charge >= 0.3 is 0 Å². The van der Waals surface area contributed by atoms with Crippen molar-refractivity contribution in [1.82, 2.24) is 79.7 Å². The third kappa shape index (κ3) is 24.5. The number of H-pyrrole nitrogens is 1. The van der Waals surface area contributed by atoms with Gasteiger partial charge in [0.2, 0.25) is 23.8 Å². The van der Waals surface area contributed by atoms with E-state index in [1.165, 1.54) is 45.3 Å². The van der Waals surface area contributed by atoms with E-state index in [9.17, 15) is 28.4 Å². The van der Waals surface area contributed by atoms with Crippen LogP contribution in [0, 0.1) is 19.3 Å². The number of primary amides is 1. The van der Waals surface area contributed by atoms with Crippen molar-refractivity contribution in [2.45, 2.75) is 186 Å². The number of amides is 1. The van der Waals surface area contributed by atoms with E-state index >= 15 is 0 Å². The standard InChI is InChI=1S/C23H24N8O.C23H27N7O.C22H25N7O2.C21H23FN8O.CH4/c1-14(32)17-13-28-23(30-20-7-4-3-6-18(20)24)31-22(17)29-15-8-9-19(25-2)16(12-15)21-26-10-5-11-27-21;1-14-10-16(21-25-8-5-9-26-21)12-17(11-14)28-22-18(15(2)31)13-27-23(30-22)29-20-7-4-3-6-19(20)24;1-13(30)18-20(26-15-7-4-6-14(12-15)19-24-10-5-11-25-19)28-22(29-21(18)31)27-17-9-3-2-8-16(17)23;22-13-8-12(19-25-6-3-7-26-19)9-14(10-13)28-20-15(18(24)31)11-27-21(30-20)29-17-5-2-1-4-16(17)23;/h5,8-13,18,20H,3-4,6-7,24H2,1H3,(H2,28,29,30,31);5,8-13,19-20H,3-4,6-7,24H2,1-2H3,(H2,27,28,29,30);4-7,10-12,16-17H,2-3,8-9,23H2,1H3,(H3,26,27,28,29,31);3,6-11,16-17H,1-2,4-5,23H2,(H2,24,31)(H2,27,28,29,30);1H4/t18-,20+;19-,20+;2*16-,17+;/m0000./s1. The lowest BCUT2D eigenvalue weighted by atomic mass is 9.91. The molecule has 8 aromatic heterocycles. The summed E-state index contributed by atoms with van der Waals surface area (Å²) in [5, 5.41) is 25.7. The van der Waals surface area contributed by atoms with Crippen molar-refractivity contribution in [3.05, 3.63) is 227 Å². The minimum absolute atomic E-state index is 0. The third-order valence-corrected chi connectivity index (χ3v) is 21.5. The molecule has 12 aromatic rings. The highest BCUT2D eigenvalue weighted by Gasteiger charge is 2.29. The number of aromatic nitrogens is 16. The fourth-order valence-corrected chi connectivity index (χ4v) is 15.1. The van der Waals surface area contributed by atoms with Gasteiger partial charge in [-0.2, -0.15) is 19.9 Å². The van der Waals surface area contributed by atoms with Crippen LogP contribution in [-0.2, 0) is 0 Å². The summed E-state index contributed by atoms with van der Waals surface area (Å²) >= 11 is 0. The van der Waals surface area contributed by atoms with E-state index in [4.69, 9.17) is 35.2 Å². The first-order valence-corrected chi connectivity index (χ1v) is 41.4. The first-order valence-electron chi connectivity index (χ1n) is 41.4. The van der Waals surface area contributed by atoms with E-state index in [-0.39, 0.29) is 95.9 Å². The number of benzene rings is 4. The van der Waals surface area contributed by atoms with Gasteiger partial charge in [0, 0.05) is 162 Å². The summed E-state index contributed by atoms with van der Waals surface area (Å²) in [7, 11) is 0. The Morgan fingerprint density at radius 3 is 1.25 bits per heavy atom. The van der Waals surface area contributed by atoms with Crippen LogP contribution in [0.1, 0.15) is 178 Å². The van der Waals surface area contributed by atoms with Crippen molar-refractivity contribution >= 4 is 98.8 Å². The lowest BCUT2D eigenvalue weighted by molar-refractivity contribution is 0.0994. The average Bonchev–Trinajstić information content (AvgIpc) is 0.808. The Labute approximate surface area is 728 Å². The molecule has 4 aliphatic rings.